The van der Waals surface area contributed by atoms with Crippen LogP contribution in [0.25, 0.3) is 0 Å². The number of benzene rings is 1. The van der Waals surface area contributed by atoms with Gasteiger partial charge in [0.2, 0.25) is 9.84 Å². The topological polar surface area (TPSA) is 49.4 Å². The number of hydrogen-bond acceptors (Lipinski definition) is 4. The largest absolute Gasteiger partial charge is 0.381 e. The molecule has 0 amide bonds. The third-order valence-electron chi connectivity index (χ3n) is 3.67. The highest BCUT2D eigenvalue weighted by molar-refractivity contribution is 7.91. The molecular weight excluding hydrogens is 286 g/mol. The van der Waals surface area contributed by atoms with Crippen molar-refractivity contribution < 1.29 is 17.2 Å². The zero-order chi connectivity index (χ0) is 14.9. The van der Waals surface area contributed by atoms with Gasteiger partial charge < -0.3 is 10.2 Å². The van der Waals surface area contributed by atoms with Crippen molar-refractivity contribution in [2.45, 2.75) is 36.1 Å². The first-order chi connectivity index (χ1) is 9.30. The number of nitrogens with one attached hydrogen (secondary N) is 1. The van der Waals surface area contributed by atoms with Crippen molar-refractivity contribution in [3.05, 3.63) is 24.3 Å². The number of sulfone groups is 1. The Hall–Kier alpha value is -1.21. The average molecular weight is 304 g/mol. The Morgan fingerprint density at radius 1 is 1.30 bits per heavy atom. The van der Waals surface area contributed by atoms with Crippen LogP contribution in [0.1, 0.15) is 13.3 Å². The van der Waals surface area contributed by atoms with E-state index < -0.39 is 15.6 Å². The standard InChI is InChI=1S/C13H18F2N2O2S/c1-9-7-11(8-17(9)2)16-10-3-5-12(6-4-10)20(18,19)13(14)15/h3-6,9,11,13,16H,7-8H2,1-2H3. The van der Waals surface area contributed by atoms with Crippen LogP contribution in [0, 0.1) is 0 Å². The lowest BCUT2D eigenvalue weighted by Gasteiger charge is -2.14. The minimum Gasteiger partial charge on any atom is -0.381 e. The van der Waals surface area contributed by atoms with Crippen molar-refractivity contribution in [2.75, 3.05) is 18.9 Å². The van der Waals surface area contributed by atoms with Crippen LogP contribution in [-0.4, -0.2) is 44.8 Å². The molecule has 7 heteroatoms. The molecule has 0 radical (unpaired) electrons. The number of anilines is 1. The van der Waals surface area contributed by atoms with Crippen molar-refractivity contribution >= 4 is 15.5 Å². The SMILES string of the molecule is CC1CC(Nc2ccc(S(=O)(=O)C(F)F)cc2)CN1C. The van der Waals surface area contributed by atoms with Crippen LogP contribution in [0.3, 0.4) is 0 Å². The van der Waals surface area contributed by atoms with Gasteiger partial charge in [-0.3, -0.25) is 0 Å². The third kappa shape index (κ3) is 3.09. The van der Waals surface area contributed by atoms with Gasteiger partial charge in [0.15, 0.2) is 0 Å². The molecule has 1 aliphatic heterocycles. The summed E-state index contributed by atoms with van der Waals surface area (Å²) in [6, 6.07) is 6.26. The number of rotatable bonds is 4. The third-order valence-corrected chi connectivity index (χ3v) is 5.07. The van der Waals surface area contributed by atoms with Crippen molar-refractivity contribution in [3.63, 3.8) is 0 Å². The Balaban J connectivity index is 2.06. The highest BCUT2D eigenvalue weighted by Crippen LogP contribution is 2.23. The molecule has 20 heavy (non-hydrogen) atoms. The van der Waals surface area contributed by atoms with E-state index in [4.69, 9.17) is 0 Å². The minimum absolute atomic E-state index is 0.285. The number of alkyl halides is 2. The molecule has 2 atom stereocenters. The first-order valence-electron chi connectivity index (χ1n) is 6.39. The zero-order valence-electron chi connectivity index (χ0n) is 11.4. The Morgan fingerprint density at radius 3 is 2.35 bits per heavy atom. The Bertz CT molecular complexity index is 550. The lowest BCUT2D eigenvalue weighted by Crippen LogP contribution is -2.24. The average Bonchev–Trinajstić information content (AvgIpc) is 2.68. The van der Waals surface area contributed by atoms with Crippen LogP contribution in [0.2, 0.25) is 0 Å². The lowest BCUT2D eigenvalue weighted by atomic mass is 10.2. The molecule has 2 rings (SSSR count). The first kappa shape index (κ1) is 15.2. The molecule has 1 aromatic rings. The van der Waals surface area contributed by atoms with Gasteiger partial charge in [-0.1, -0.05) is 0 Å². The van der Waals surface area contributed by atoms with Crippen LogP contribution in [0.15, 0.2) is 29.2 Å². The predicted octanol–water partition coefficient (Wildman–Crippen LogP) is 2.19. The highest BCUT2D eigenvalue weighted by Gasteiger charge is 2.27. The van der Waals surface area contributed by atoms with Gasteiger partial charge in [-0.2, -0.15) is 8.78 Å². The summed E-state index contributed by atoms with van der Waals surface area (Å²) >= 11 is 0. The van der Waals surface area contributed by atoms with Crippen molar-refractivity contribution in [3.8, 4) is 0 Å². The van der Waals surface area contributed by atoms with Gasteiger partial charge in [0.1, 0.15) is 0 Å². The maximum absolute atomic E-state index is 12.4. The molecule has 1 aliphatic rings. The second-order valence-corrected chi connectivity index (χ2v) is 7.11. The minimum atomic E-state index is -4.51. The summed E-state index contributed by atoms with van der Waals surface area (Å²) in [6.45, 7) is 3.04. The fourth-order valence-electron chi connectivity index (χ4n) is 2.38. The van der Waals surface area contributed by atoms with Crippen LogP contribution < -0.4 is 5.32 Å². The van der Waals surface area contributed by atoms with E-state index in [0.29, 0.717) is 6.04 Å². The fourth-order valence-corrected chi connectivity index (χ4v) is 3.10. The molecule has 0 saturated carbocycles. The summed E-state index contributed by atoms with van der Waals surface area (Å²) in [5.41, 5.74) is 0.741. The van der Waals surface area contributed by atoms with Gasteiger partial charge in [-0.05, 0) is 44.7 Å². The van der Waals surface area contributed by atoms with Crippen molar-refractivity contribution in [2.24, 2.45) is 0 Å². The molecule has 4 nitrogen and oxygen atoms in total. The molecule has 1 fully saturated rings. The van der Waals surface area contributed by atoms with E-state index in [0.717, 1.165) is 18.7 Å². The monoisotopic (exact) mass is 304 g/mol. The quantitative estimate of drug-likeness (QED) is 0.926. The van der Waals surface area contributed by atoms with E-state index in [2.05, 4.69) is 17.1 Å². The van der Waals surface area contributed by atoms with Gasteiger partial charge in [0.25, 0.3) is 0 Å². The maximum atomic E-state index is 12.4. The van der Waals surface area contributed by atoms with Gasteiger partial charge in [0, 0.05) is 24.3 Å². The number of halogens is 2. The number of nitrogens with zero attached hydrogens (tertiary/aromatic N) is 1. The molecular formula is C13H18F2N2O2S. The molecule has 1 heterocycles. The van der Waals surface area contributed by atoms with Crippen molar-refractivity contribution in [1.82, 2.24) is 4.90 Å². The predicted molar refractivity (Wildman–Crippen MR) is 73.8 cm³/mol. The molecule has 0 bridgehead atoms. The Labute approximate surface area is 117 Å². The van der Waals surface area contributed by atoms with Crippen LogP contribution in [-0.2, 0) is 9.84 Å². The Morgan fingerprint density at radius 2 is 1.90 bits per heavy atom. The highest BCUT2D eigenvalue weighted by atomic mass is 32.2. The van der Waals surface area contributed by atoms with E-state index in [1.54, 1.807) is 0 Å². The fraction of sp³-hybridized carbons (Fsp3) is 0.538. The van der Waals surface area contributed by atoms with Gasteiger partial charge in [-0.25, -0.2) is 8.42 Å². The van der Waals surface area contributed by atoms with Crippen LogP contribution in [0.5, 0.6) is 0 Å². The van der Waals surface area contributed by atoms with E-state index >= 15 is 0 Å². The second-order valence-electron chi connectivity index (χ2n) is 5.20. The normalized spacial score (nSPS) is 24.2. The van der Waals surface area contributed by atoms with E-state index in [1.807, 2.05) is 7.05 Å². The molecule has 1 aromatic carbocycles. The number of likely N-dealkylation sites (N-methyl/N-ethyl adjacent to an activating group) is 1. The summed E-state index contributed by atoms with van der Waals surface area (Å²) in [6.07, 6.45) is 0.994. The number of likely N-dealkylation sites (tertiary alicyclic amines) is 1. The van der Waals surface area contributed by atoms with Gasteiger partial charge in [0.05, 0.1) is 4.90 Å². The Kier molecular flexibility index (Phi) is 4.29. The van der Waals surface area contributed by atoms with Crippen LogP contribution >= 0.6 is 0 Å². The van der Waals surface area contributed by atoms with E-state index in [9.17, 15) is 17.2 Å². The molecule has 112 valence electrons. The zero-order valence-corrected chi connectivity index (χ0v) is 12.2. The van der Waals surface area contributed by atoms with Crippen molar-refractivity contribution in [1.29, 1.82) is 0 Å². The molecule has 1 saturated heterocycles. The summed E-state index contributed by atoms with van der Waals surface area (Å²) in [5.74, 6) is -3.38. The summed E-state index contributed by atoms with van der Waals surface area (Å²) < 4.78 is 47.4. The molecule has 0 spiro atoms. The molecule has 0 aliphatic carbocycles. The first-order valence-corrected chi connectivity index (χ1v) is 7.94. The van der Waals surface area contributed by atoms with Crippen LogP contribution in [0.4, 0.5) is 14.5 Å². The number of hydrogen-bond donors (Lipinski definition) is 1. The summed E-state index contributed by atoms with van der Waals surface area (Å²) in [5, 5.41) is 3.29. The maximum Gasteiger partial charge on any atom is 0.341 e. The van der Waals surface area contributed by atoms with E-state index in [1.165, 1.54) is 24.3 Å². The van der Waals surface area contributed by atoms with Gasteiger partial charge in [-0.15, -0.1) is 0 Å². The summed E-state index contributed by atoms with van der Waals surface area (Å²) in [7, 11) is -2.46. The van der Waals surface area contributed by atoms with Gasteiger partial charge >= 0.3 is 5.76 Å². The summed E-state index contributed by atoms with van der Waals surface area (Å²) in [4.78, 5) is 1.88. The molecule has 0 aromatic heterocycles. The molecule has 2 unspecified atom stereocenters. The van der Waals surface area contributed by atoms with E-state index in [-0.39, 0.29) is 10.9 Å². The lowest BCUT2D eigenvalue weighted by molar-refractivity contribution is 0.234. The second kappa shape index (κ2) is 5.65. The molecule has 1 N–H and O–H groups in total. The smallest absolute Gasteiger partial charge is 0.341 e.